The van der Waals surface area contributed by atoms with Crippen LogP contribution in [0.25, 0.3) is 11.0 Å². The van der Waals surface area contributed by atoms with E-state index in [1.165, 1.54) is 6.07 Å². The maximum atomic E-state index is 12.6. The third-order valence-corrected chi connectivity index (χ3v) is 5.37. The average Bonchev–Trinajstić information content (AvgIpc) is 2.73. The van der Waals surface area contributed by atoms with Crippen molar-refractivity contribution < 1.29 is 28.2 Å². The standard InChI is InChI=1S/C24H26O7/c1-7-13(3)22(26)29-20-16-11-15-9-10-19(25)28-17(15)12-18(16)31-24(5,6)21(20)30-23(27)14(4)8-2/h7-12,20-21H,1-6H3. The maximum absolute atomic E-state index is 12.6. The number of carbonyl (C=O) groups excluding carboxylic acids is 2. The number of allylic oxidation sites excluding steroid dienone is 2. The molecule has 1 aliphatic heterocycles. The summed E-state index contributed by atoms with van der Waals surface area (Å²) in [5.41, 5.74) is 0.200. The molecule has 0 radical (unpaired) electrons. The molecule has 0 spiro atoms. The van der Waals surface area contributed by atoms with Crippen molar-refractivity contribution in [3.63, 3.8) is 0 Å². The molecule has 0 saturated carbocycles. The molecule has 0 amide bonds. The van der Waals surface area contributed by atoms with Crippen molar-refractivity contribution in [2.75, 3.05) is 0 Å². The van der Waals surface area contributed by atoms with Crippen molar-refractivity contribution >= 4 is 22.9 Å². The SMILES string of the molecule is CC=C(C)C(=O)OC1c2cc3ccc(=O)oc3cc2OC(C)(C)C1OC(=O)C(C)=CC. The largest absolute Gasteiger partial charge is 0.483 e. The van der Waals surface area contributed by atoms with Gasteiger partial charge in [0, 0.05) is 34.2 Å². The van der Waals surface area contributed by atoms with Gasteiger partial charge in [0.15, 0.2) is 12.2 Å². The van der Waals surface area contributed by atoms with Crippen LogP contribution in [0.1, 0.15) is 53.2 Å². The summed E-state index contributed by atoms with van der Waals surface area (Å²) in [4.78, 5) is 36.8. The Bertz CT molecular complexity index is 1150. The molecule has 164 valence electrons. The second-order valence-electron chi connectivity index (χ2n) is 7.98. The molecule has 1 aromatic heterocycles. The van der Waals surface area contributed by atoms with E-state index in [4.69, 9.17) is 18.6 Å². The fourth-order valence-electron chi connectivity index (χ4n) is 3.28. The fourth-order valence-corrected chi connectivity index (χ4v) is 3.28. The quantitative estimate of drug-likeness (QED) is 0.407. The molecule has 1 aliphatic rings. The van der Waals surface area contributed by atoms with Gasteiger partial charge in [-0.25, -0.2) is 14.4 Å². The van der Waals surface area contributed by atoms with Crippen molar-refractivity contribution in [1.82, 2.24) is 0 Å². The van der Waals surface area contributed by atoms with Gasteiger partial charge in [-0.2, -0.15) is 0 Å². The van der Waals surface area contributed by atoms with Crippen LogP contribution in [0.5, 0.6) is 5.75 Å². The molecule has 7 nitrogen and oxygen atoms in total. The third kappa shape index (κ3) is 4.40. The summed E-state index contributed by atoms with van der Waals surface area (Å²) in [5, 5.41) is 0.625. The van der Waals surface area contributed by atoms with Crippen molar-refractivity contribution in [2.45, 2.75) is 59.4 Å². The zero-order chi connectivity index (χ0) is 22.9. The van der Waals surface area contributed by atoms with Crippen molar-refractivity contribution in [3.8, 4) is 5.75 Å². The van der Waals surface area contributed by atoms with Gasteiger partial charge in [-0.1, -0.05) is 12.2 Å². The second kappa shape index (κ2) is 8.41. The number of fused-ring (bicyclic) bond motifs is 2. The monoisotopic (exact) mass is 426 g/mol. The zero-order valence-corrected chi connectivity index (χ0v) is 18.5. The lowest BCUT2D eigenvalue weighted by atomic mass is 9.87. The van der Waals surface area contributed by atoms with E-state index in [9.17, 15) is 14.4 Å². The molecule has 7 heteroatoms. The average molecular weight is 426 g/mol. The van der Waals surface area contributed by atoms with E-state index in [1.54, 1.807) is 71.9 Å². The normalized spacial score (nSPS) is 20.6. The number of ether oxygens (including phenoxy) is 3. The van der Waals surface area contributed by atoms with Crippen molar-refractivity contribution in [1.29, 1.82) is 0 Å². The summed E-state index contributed by atoms with van der Waals surface area (Å²) in [6.45, 7) is 10.3. The van der Waals surface area contributed by atoms with Gasteiger partial charge in [0.1, 0.15) is 16.9 Å². The molecule has 0 aliphatic carbocycles. The van der Waals surface area contributed by atoms with Gasteiger partial charge in [0.25, 0.3) is 0 Å². The summed E-state index contributed by atoms with van der Waals surface area (Å²) in [7, 11) is 0. The number of rotatable bonds is 4. The smallest absolute Gasteiger partial charge is 0.336 e. The molecule has 2 heterocycles. The lowest BCUT2D eigenvalue weighted by Crippen LogP contribution is -2.52. The van der Waals surface area contributed by atoms with Crippen LogP contribution in [0.15, 0.2) is 56.8 Å². The Kier molecular flexibility index (Phi) is 6.06. The van der Waals surface area contributed by atoms with E-state index in [0.29, 0.717) is 33.4 Å². The summed E-state index contributed by atoms with van der Waals surface area (Å²) in [5.74, 6) is -0.666. The van der Waals surface area contributed by atoms with Gasteiger partial charge in [-0.05, 0) is 53.7 Å². The predicted octanol–water partition coefficient (Wildman–Crippen LogP) is 4.39. The molecule has 1 aromatic carbocycles. The number of carbonyl (C=O) groups is 2. The van der Waals surface area contributed by atoms with Gasteiger partial charge in [0.2, 0.25) is 0 Å². The van der Waals surface area contributed by atoms with Crippen LogP contribution in [0.4, 0.5) is 0 Å². The zero-order valence-electron chi connectivity index (χ0n) is 18.5. The molecule has 3 rings (SSSR count). The minimum Gasteiger partial charge on any atom is -0.483 e. The van der Waals surface area contributed by atoms with Crippen LogP contribution in [0.3, 0.4) is 0 Å². The first kappa shape index (κ1) is 22.3. The molecular formula is C24H26O7. The Balaban J connectivity index is 2.16. The first-order valence-corrected chi connectivity index (χ1v) is 10.0. The Morgan fingerprint density at radius 2 is 1.61 bits per heavy atom. The van der Waals surface area contributed by atoms with E-state index in [0.717, 1.165) is 0 Å². The van der Waals surface area contributed by atoms with Gasteiger partial charge >= 0.3 is 17.6 Å². The summed E-state index contributed by atoms with van der Waals surface area (Å²) in [6, 6.07) is 6.23. The Morgan fingerprint density at radius 3 is 2.23 bits per heavy atom. The van der Waals surface area contributed by atoms with Crippen LogP contribution in [0, 0.1) is 0 Å². The molecule has 2 unspecified atom stereocenters. The van der Waals surface area contributed by atoms with Crippen molar-refractivity contribution in [2.24, 2.45) is 0 Å². The summed E-state index contributed by atoms with van der Waals surface area (Å²) < 4.78 is 23.0. The van der Waals surface area contributed by atoms with E-state index in [-0.39, 0.29) is 0 Å². The lowest BCUT2D eigenvalue weighted by Gasteiger charge is -2.43. The van der Waals surface area contributed by atoms with Crippen LogP contribution < -0.4 is 10.4 Å². The van der Waals surface area contributed by atoms with Gasteiger partial charge in [0.05, 0.1) is 0 Å². The maximum Gasteiger partial charge on any atom is 0.336 e. The minimum atomic E-state index is -1.03. The molecule has 0 bridgehead atoms. The molecule has 2 atom stereocenters. The highest BCUT2D eigenvalue weighted by Crippen LogP contribution is 2.45. The Hall–Kier alpha value is -3.35. The molecular weight excluding hydrogens is 400 g/mol. The van der Waals surface area contributed by atoms with Crippen LogP contribution in [-0.2, 0) is 19.1 Å². The van der Waals surface area contributed by atoms with Crippen LogP contribution >= 0.6 is 0 Å². The number of hydrogen-bond donors (Lipinski definition) is 0. The van der Waals surface area contributed by atoms with Gasteiger partial charge < -0.3 is 18.6 Å². The number of hydrogen-bond acceptors (Lipinski definition) is 7. The molecule has 0 fully saturated rings. The summed E-state index contributed by atoms with van der Waals surface area (Å²) >= 11 is 0. The van der Waals surface area contributed by atoms with Gasteiger partial charge in [-0.3, -0.25) is 0 Å². The summed E-state index contributed by atoms with van der Waals surface area (Å²) in [6.07, 6.45) is 1.46. The van der Waals surface area contributed by atoms with E-state index < -0.39 is 35.4 Å². The van der Waals surface area contributed by atoms with Crippen LogP contribution in [-0.4, -0.2) is 23.6 Å². The molecule has 0 saturated heterocycles. The predicted molar refractivity (Wildman–Crippen MR) is 115 cm³/mol. The number of esters is 2. The molecule has 0 N–H and O–H groups in total. The Morgan fingerprint density at radius 1 is 1.00 bits per heavy atom. The Labute approximate surface area is 180 Å². The van der Waals surface area contributed by atoms with E-state index >= 15 is 0 Å². The van der Waals surface area contributed by atoms with Crippen LogP contribution in [0.2, 0.25) is 0 Å². The second-order valence-corrected chi connectivity index (χ2v) is 7.98. The first-order valence-electron chi connectivity index (χ1n) is 10.0. The molecule has 31 heavy (non-hydrogen) atoms. The highest BCUT2D eigenvalue weighted by molar-refractivity contribution is 5.89. The lowest BCUT2D eigenvalue weighted by molar-refractivity contribution is -0.185. The first-order chi connectivity index (χ1) is 14.6. The number of benzene rings is 1. The highest BCUT2D eigenvalue weighted by atomic mass is 16.6. The highest BCUT2D eigenvalue weighted by Gasteiger charge is 2.49. The molecule has 2 aromatic rings. The third-order valence-electron chi connectivity index (χ3n) is 5.37. The fraction of sp³-hybridized carbons (Fsp3) is 0.375. The minimum absolute atomic E-state index is 0.344. The van der Waals surface area contributed by atoms with Gasteiger partial charge in [-0.15, -0.1) is 0 Å². The van der Waals surface area contributed by atoms with E-state index in [2.05, 4.69) is 0 Å². The topological polar surface area (TPSA) is 92.0 Å². The van der Waals surface area contributed by atoms with E-state index in [1.807, 2.05) is 0 Å². The van der Waals surface area contributed by atoms with Crippen molar-refractivity contribution in [3.05, 3.63) is 63.5 Å².